The van der Waals surface area contributed by atoms with Crippen LogP contribution >= 0.6 is 0 Å². The zero-order valence-corrected chi connectivity index (χ0v) is 10.6. The Hall–Kier alpha value is -1.35. The van der Waals surface area contributed by atoms with Gasteiger partial charge in [-0.1, -0.05) is 32.9 Å². The van der Waals surface area contributed by atoms with Gasteiger partial charge in [0.25, 0.3) is 0 Å². The number of aliphatic hydroxyl groups excluding tert-OH is 1. The molecule has 0 fully saturated rings. The fourth-order valence-corrected chi connectivity index (χ4v) is 1.62. The average Bonchev–Trinajstić information content (AvgIpc) is 2.37. The molecule has 3 heteroatoms. The summed E-state index contributed by atoms with van der Waals surface area (Å²) < 4.78 is 5.08. The van der Waals surface area contributed by atoms with E-state index in [0.717, 1.165) is 12.0 Å². The minimum absolute atomic E-state index is 0.0935. The van der Waals surface area contributed by atoms with Gasteiger partial charge < -0.3 is 9.84 Å². The van der Waals surface area contributed by atoms with Crippen molar-refractivity contribution >= 4 is 5.97 Å². The number of hydrogen-bond donors (Lipinski definition) is 1. The molecule has 1 rings (SSSR count). The van der Waals surface area contributed by atoms with Crippen molar-refractivity contribution in [2.75, 3.05) is 0 Å². The first-order valence-corrected chi connectivity index (χ1v) is 6.07. The maximum absolute atomic E-state index is 11.1. The molecule has 0 saturated heterocycles. The number of carbonyl (C=O) groups is 1. The van der Waals surface area contributed by atoms with Gasteiger partial charge in [0, 0.05) is 12.3 Å². The third-order valence-corrected chi connectivity index (χ3v) is 2.92. The Morgan fingerprint density at radius 2 is 1.88 bits per heavy atom. The number of rotatable bonds is 5. The van der Waals surface area contributed by atoms with Gasteiger partial charge in [0.1, 0.15) is 5.75 Å². The summed E-state index contributed by atoms with van der Waals surface area (Å²) in [6, 6.07) is 7.31. The SMILES string of the molecule is CCC(=O)Oc1ccc(C(C)C(O)CC)cc1. The molecule has 2 atom stereocenters. The lowest BCUT2D eigenvalue weighted by Gasteiger charge is -2.17. The Balaban J connectivity index is 2.70. The maximum atomic E-state index is 11.1. The van der Waals surface area contributed by atoms with Crippen LogP contribution in [0, 0.1) is 0 Å². The molecule has 0 saturated carbocycles. The number of esters is 1. The first-order valence-electron chi connectivity index (χ1n) is 6.07. The summed E-state index contributed by atoms with van der Waals surface area (Å²) in [4.78, 5) is 11.1. The zero-order valence-electron chi connectivity index (χ0n) is 10.6. The number of hydrogen-bond acceptors (Lipinski definition) is 3. The molecule has 94 valence electrons. The molecule has 0 aliphatic rings. The topological polar surface area (TPSA) is 46.5 Å². The lowest BCUT2D eigenvalue weighted by atomic mass is 9.94. The largest absolute Gasteiger partial charge is 0.427 e. The van der Waals surface area contributed by atoms with Crippen molar-refractivity contribution in [3.8, 4) is 5.75 Å². The van der Waals surface area contributed by atoms with Crippen LogP contribution in [0.2, 0.25) is 0 Å². The summed E-state index contributed by atoms with van der Waals surface area (Å²) in [6.07, 6.45) is 0.763. The Kier molecular flexibility index (Phi) is 5.16. The van der Waals surface area contributed by atoms with Crippen molar-refractivity contribution in [2.45, 2.75) is 45.6 Å². The third-order valence-electron chi connectivity index (χ3n) is 2.92. The van der Waals surface area contributed by atoms with Gasteiger partial charge in [-0.25, -0.2) is 0 Å². The predicted molar refractivity (Wildman–Crippen MR) is 67.1 cm³/mol. The Bertz CT molecular complexity index is 356. The van der Waals surface area contributed by atoms with E-state index in [2.05, 4.69) is 0 Å². The molecular formula is C14H20O3. The number of carbonyl (C=O) groups excluding carboxylic acids is 1. The van der Waals surface area contributed by atoms with Crippen LogP contribution in [0.4, 0.5) is 0 Å². The molecule has 0 spiro atoms. The molecule has 1 aromatic carbocycles. The average molecular weight is 236 g/mol. The van der Waals surface area contributed by atoms with Gasteiger partial charge >= 0.3 is 5.97 Å². The van der Waals surface area contributed by atoms with Gasteiger partial charge in [0.05, 0.1) is 6.10 Å². The first kappa shape index (κ1) is 13.7. The van der Waals surface area contributed by atoms with Crippen LogP contribution in [0.25, 0.3) is 0 Å². The van der Waals surface area contributed by atoms with Crippen LogP contribution in [0.5, 0.6) is 5.75 Å². The van der Waals surface area contributed by atoms with Crippen molar-refractivity contribution in [1.82, 2.24) is 0 Å². The predicted octanol–water partition coefficient (Wildman–Crippen LogP) is 2.88. The Labute approximate surface area is 102 Å². The lowest BCUT2D eigenvalue weighted by molar-refractivity contribution is -0.134. The van der Waals surface area contributed by atoms with Gasteiger partial charge in [-0.15, -0.1) is 0 Å². The Morgan fingerprint density at radius 1 is 1.29 bits per heavy atom. The zero-order chi connectivity index (χ0) is 12.8. The molecule has 0 bridgehead atoms. The van der Waals surface area contributed by atoms with Crippen molar-refractivity contribution in [1.29, 1.82) is 0 Å². The summed E-state index contributed by atoms with van der Waals surface area (Å²) in [5.41, 5.74) is 1.05. The van der Waals surface area contributed by atoms with E-state index < -0.39 is 0 Å². The molecule has 3 nitrogen and oxygen atoms in total. The molecule has 0 aliphatic heterocycles. The van der Waals surface area contributed by atoms with Gasteiger partial charge in [-0.3, -0.25) is 4.79 Å². The van der Waals surface area contributed by atoms with E-state index in [0.29, 0.717) is 12.2 Å². The molecule has 1 aromatic rings. The maximum Gasteiger partial charge on any atom is 0.310 e. The van der Waals surface area contributed by atoms with Crippen LogP contribution in [-0.4, -0.2) is 17.2 Å². The fraction of sp³-hybridized carbons (Fsp3) is 0.500. The van der Waals surface area contributed by atoms with Crippen molar-refractivity contribution in [3.05, 3.63) is 29.8 Å². The molecule has 1 N–H and O–H groups in total. The first-order chi connectivity index (χ1) is 8.08. The summed E-state index contributed by atoms with van der Waals surface area (Å²) >= 11 is 0. The second kappa shape index (κ2) is 6.40. The molecule has 0 aliphatic carbocycles. The van der Waals surface area contributed by atoms with Gasteiger partial charge in [0.15, 0.2) is 0 Å². The minimum Gasteiger partial charge on any atom is -0.427 e. The monoisotopic (exact) mass is 236 g/mol. The second-order valence-electron chi connectivity index (χ2n) is 4.16. The van der Waals surface area contributed by atoms with Crippen LogP contribution in [-0.2, 0) is 4.79 Å². The van der Waals surface area contributed by atoms with Crippen LogP contribution < -0.4 is 4.74 Å². The molecular weight excluding hydrogens is 216 g/mol. The smallest absolute Gasteiger partial charge is 0.310 e. The van der Waals surface area contributed by atoms with Gasteiger partial charge in [-0.2, -0.15) is 0 Å². The highest BCUT2D eigenvalue weighted by Gasteiger charge is 2.14. The van der Waals surface area contributed by atoms with Crippen molar-refractivity contribution < 1.29 is 14.6 Å². The molecule has 17 heavy (non-hydrogen) atoms. The van der Waals surface area contributed by atoms with E-state index in [9.17, 15) is 9.90 Å². The molecule has 0 radical (unpaired) electrons. The fourth-order valence-electron chi connectivity index (χ4n) is 1.62. The number of benzene rings is 1. The van der Waals surface area contributed by atoms with E-state index in [4.69, 9.17) is 4.74 Å². The minimum atomic E-state index is -0.334. The number of aliphatic hydroxyl groups is 1. The highest BCUT2D eigenvalue weighted by atomic mass is 16.5. The summed E-state index contributed by atoms with van der Waals surface area (Å²) in [6.45, 7) is 5.70. The highest BCUT2D eigenvalue weighted by Crippen LogP contribution is 2.23. The lowest BCUT2D eigenvalue weighted by Crippen LogP contribution is -2.14. The molecule has 0 heterocycles. The summed E-state index contributed by atoms with van der Waals surface area (Å²) in [5.74, 6) is 0.411. The Morgan fingerprint density at radius 3 is 2.35 bits per heavy atom. The normalized spacial score (nSPS) is 14.1. The second-order valence-corrected chi connectivity index (χ2v) is 4.16. The van der Waals surface area contributed by atoms with E-state index in [1.165, 1.54) is 0 Å². The van der Waals surface area contributed by atoms with Crippen LogP contribution in [0.3, 0.4) is 0 Å². The summed E-state index contributed by atoms with van der Waals surface area (Å²) in [5, 5.41) is 9.75. The standard InChI is InChI=1S/C14H20O3/c1-4-13(15)10(3)11-6-8-12(9-7-11)17-14(16)5-2/h6-10,13,15H,4-5H2,1-3H3. The quantitative estimate of drug-likeness (QED) is 0.631. The molecule has 2 unspecified atom stereocenters. The molecule has 0 amide bonds. The van der Waals surface area contributed by atoms with Crippen molar-refractivity contribution in [3.63, 3.8) is 0 Å². The van der Waals surface area contributed by atoms with E-state index in [-0.39, 0.29) is 18.0 Å². The van der Waals surface area contributed by atoms with E-state index >= 15 is 0 Å². The van der Waals surface area contributed by atoms with Crippen molar-refractivity contribution in [2.24, 2.45) is 0 Å². The van der Waals surface area contributed by atoms with Gasteiger partial charge in [-0.05, 0) is 24.1 Å². The van der Waals surface area contributed by atoms with Gasteiger partial charge in [0.2, 0.25) is 0 Å². The van der Waals surface area contributed by atoms with Crippen LogP contribution in [0.1, 0.15) is 45.1 Å². The summed E-state index contributed by atoms with van der Waals surface area (Å²) in [7, 11) is 0. The van der Waals surface area contributed by atoms with E-state index in [1.54, 1.807) is 19.1 Å². The van der Waals surface area contributed by atoms with E-state index in [1.807, 2.05) is 26.0 Å². The highest BCUT2D eigenvalue weighted by molar-refractivity contribution is 5.71. The third kappa shape index (κ3) is 3.86. The number of ether oxygens (including phenoxy) is 1. The molecule has 0 aromatic heterocycles. The van der Waals surface area contributed by atoms with Crippen LogP contribution in [0.15, 0.2) is 24.3 Å².